The number of thiocarbonyl (C=S) groups is 1. The van der Waals surface area contributed by atoms with Crippen molar-refractivity contribution < 1.29 is 18.9 Å². The van der Waals surface area contributed by atoms with Crippen LogP contribution >= 0.6 is 12.2 Å². The number of rotatable bonds is 8. The van der Waals surface area contributed by atoms with Crippen molar-refractivity contribution in [2.75, 3.05) is 28.4 Å². The second-order valence-corrected chi connectivity index (χ2v) is 5.96. The summed E-state index contributed by atoms with van der Waals surface area (Å²) in [4.78, 5) is 0.739. The lowest BCUT2D eigenvalue weighted by Crippen LogP contribution is -2.00. The van der Waals surface area contributed by atoms with Gasteiger partial charge < -0.3 is 18.9 Å². The Morgan fingerprint density at radius 2 is 1.50 bits per heavy atom. The van der Waals surface area contributed by atoms with E-state index < -0.39 is 0 Å². The molecule has 0 unspecified atom stereocenters. The highest BCUT2D eigenvalue weighted by Gasteiger charge is 2.20. The molecule has 0 aliphatic heterocycles. The van der Waals surface area contributed by atoms with Crippen LogP contribution in [0.3, 0.4) is 0 Å². The van der Waals surface area contributed by atoms with E-state index >= 15 is 0 Å². The summed E-state index contributed by atoms with van der Waals surface area (Å²) < 4.78 is 21.8. The molecular weight excluding hydrogens is 348 g/mol. The van der Waals surface area contributed by atoms with Gasteiger partial charge in [0.05, 0.1) is 28.4 Å². The molecule has 0 N–H and O–H groups in total. The normalized spacial score (nSPS) is 10.7. The molecule has 2 aromatic carbocycles. The zero-order chi connectivity index (χ0) is 19.1. The smallest absolute Gasteiger partial charge is 0.207 e. The van der Waals surface area contributed by atoms with E-state index in [0.29, 0.717) is 23.0 Å². The minimum absolute atomic E-state index is 0.479. The monoisotopic (exact) mass is 372 g/mol. The predicted octanol–water partition coefficient (Wildman–Crippen LogP) is 4.71. The number of hydrogen-bond donors (Lipinski definition) is 0. The minimum Gasteiger partial charge on any atom is -0.493 e. The summed E-state index contributed by atoms with van der Waals surface area (Å²) in [6, 6.07) is 10.1. The van der Waals surface area contributed by atoms with Crippen molar-refractivity contribution in [3.8, 4) is 23.0 Å². The van der Waals surface area contributed by atoms with Gasteiger partial charge >= 0.3 is 0 Å². The van der Waals surface area contributed by atoms with Gasteiger partial charge in [0.15, 0.2) is 11.5 Å². The fourth-order valence-corrected chi connectivity index (χ4v) is 2.85. The molecule has 0 amide bonds. The molecule has 2 aromatic rings. The Morgan fingerprint density at radius 1 is 0.885 bits per heavy atom. The first-order valence-electron chi connectivity index (χ1n) is 8.27. The molecule has 0 fully saturated rings. The van der Waals surface area contributed by atoms with E-state index in [1.54, 1.807) is 28.4 Å². The largest absolute Gasteiger partial charge is 0.493 e. The first-order chi connectivity index (χ1) is 12.6. The standard InChI is InChI=1S/C21H24O4S/c1-6-14-7-9-15(10-8-14)18(26)12-11-16-13-17(22-2)20(24-4)21(25-5)19(16)23-3/h7-13H,6H2,1-5H3. The summed E-state index contributed by atoms with van der Waals surface area (Å²) >= 11 is 5.53. The van der Waals surface area contributed by atoms with Gasteiger partial charge in [0.25, 0.3) is 0 Å². The van der Waals surface area contributed by atoms with E-state index in [0.717, 1.165) is 22.4 Å². The highest BCUT2D eigenvalue weighted by molar-refractivity contribution is 7.81. The number of allylic oxidation sites excluding steroid dienone is 1. The summed E-state index contributed by atoms with van der Waals surface area (Å²) in [5.41, 5.74) is 3.07. The van der Waals surface area contributed by atoms with Crippen LogP contribution in [0.15, 0.2) is 36.4 Å². The van der Waals surface area contributed by atoms with Crippen molar-refractivity contribution in [2.45, 2.75) is 13.3 Å². The second kappa shape index (κ2) is 9.25. The van der Waals surface area contributed by atoms with Crippen molar-refractivity contribution >= 4 is 23.2 Å². The van der Waals surface area contributed by atoms with Gasteiger partial charge in [-0.3, -0.25) is 0 Å². The molecule has 0 spiro atoms. The molecule has 0 saturated carbocycles. The van der Waals surface area contributed by atoms with Crippen LogP contribution in [0.1, 0.15) is 23.6 Å². The Bertz CT molecular complexity index is 795. The van der Waals surface area contributed by atoms with Gasteiger partial charge in [-0.05, 0) is 35.8 Å². The van der Waals surface area contributed by atoms with Crippen molar-refractivity contribution in [3.63, 3.8) is 0 Å². The third-order valence-electron chi connectivity index (χ3n) is 4.08. The molecule has 0 aliphatic carbocycles. The summed E-state index contributed by atoms with van der Waals surface area (Å²) in [5, 5.41) is 0. The fourth-order valence-electron chi connectivity index (χ4n) is 2.65. The molecule has 0 saturated heterocycles. The van der Waals surface area contributed by atoms with Crippen LogP contribution in [0.2, 0.25) is 0 Å². The first kappa shape index (κ1) is 19.8. The van der Waals surface area contributed by atoms with Gasteiger partial charge in [-0.2, -0.15) is 0 Å². The van der Waals surface area contributed by atoms with Crippen molar-refractivity contribution in [2.24, 2.45) is 0 Å². The summed E-state index contributed by atoms with van der Waals surface area (Å²) in [5.74, 6) is 2.09. The number of ether oxygens (including phenoxy) is 4. The molecule has 138 valence electrons. The lowest BCUT2D eigenvalue weighted by Gasteiger charge is -2.17. The molecule has 0 atom stereocenters. The molecule has 26 heavy (non-hydrogen) atoms. The SMILES string of the molecule is CCc1ccc(C(=S)C=Cc2cc(OC)c(OC)c(OC)c2OC)cc1. The van der Waals surface area contributed by atoms with Crippen LogP contribution in [0.4, 0.5) is 0 Å². The van der Waals surface area contributed by atoms with Crippen molar-refractivity contribution in [1.82, 2.24) is 0 Å². The average molecular weight is 372 g/mol. The quantitative estimate of drug-likeness (QED) is 0.381. The molecule has 0 bridgehead atoms. The lowest BCUT2D eigenvalue weighted by molar-refractivity contribution is 0.305. The Labute approximate surface area is 160 Å². The zero-order valence-electron chi connectivity index (χ0n) is 15.8. The van der Waals surface area contributed by atoms with Crippen LogP contribution in [-0.4, -0.2) is 33.3 Å². The maximum atomic E-state index is 5.53. The Kier molecular flexibility index (Phi) is 7.04. The van der Waals surface area contributed by atoms with Gasteiger partial charge in [0.1, 0.15) is 0 Å². The molecule has 0 aliphatic rings. The third kappa shape index (κ3) is 4.17. The van der Waals surface area contributed by atoms with Crippen LogP contribution in [0.5, 0.6) is 23.0 Å². The van der Waals surface area contributed by atoms with Gasteiger partial charge in [-0.15, -0.1) is 0 Å². The lowest BCUT2D eigenvalue weighted by atomic mass is 10.1. The van der Waals surface area contributed by atoms with E-state index in [-0.39, 0.29) is 0 Å². The first-order valence-corrected chi connectivity index (χ1v) is 8.68. The highest BCUT2D eigenvalue weighted by Crippen LogP contribution is 2.46. The van der Waals surface area contributed by atoms with E-state index in [1.165, 1.54) is 5.56 Å². The number of benzene rings is 2. The molecule has 4 nitrogen and oxygen atoms in total. The number of hydrogen-bond acceptors (Lipinski definition) is 5. The van der Waals surface area contributed by atoms with E-state index in [9.17, 15) is 0 Å². The van der Waals surface area contributed by atoms with Gasteiger partial charge in [0, 0.05) is 10.4 Å². The summed E-state index contributed by atoms with van der Waals surface area (Å²) in [6.45, 7) is 2.13. The summed E-state index contributed by atoms with van der Waals surface area (Å²) in [7, 11) is 6.29. The van der Waals surface area contributed by atoms with Gasteiger partial charge in [-0.25, -0.2) is 0 Å². The van der Waals surface area contributed by atoms with Crippen LogP contribution in [0.25, 0.3) is 6.08 Å². The minimum atomic E-state index is 0.479. The Morgan fingerprint density at radius 3 is 2.00 bits per heavy atom. The maximum Gasteiger partial charge on any atom is 0.207 e. The average Bonchev–Trinajstić information content (AvgIpc) is 2.70. The van der Waals surface area contributed by atoms with Crippen LogP contribution in [-0.2, 0) is 6.42 Å². The van der Waals surface area contributed by atoms with Crippen LogP contribution < -0.4 is 18.9 Å². The summed E-state index contributed by atoms with van der Waals surface area (Å²) in [6.07, 6.45) is 4.77. The molecule has 0 radical (unpaired) electrons. The van der Waals surface area contributed by atoms with E-state index in [1.807, 2.05) is 30.4 Å². The zero-order valence-corrected chi connectivity index (χ0v) is 16.6. The Hall–Kier alpha value is -2.53. The van der Waals surface area contributed by atoms with Crippen molar-refractivity contribution in [3.05, 3.63) is 53.1 Å². The van der Waals surface area contributed by atoms with E-state index in [4.69, 9.17) is 31.2 Å². The topological polar surface area (TPSA) is 36.9 Å². The third-order valence-corrected chi connectivity index (χ3v) is 4.45. The molecule has 0 aromatic heterocycles. The predicted molar refractivity (Wildman–Crippen MR) is 109 cm³/mol. The Balaban J connectivity index is 2.40. The molecule has 5 heteroatoms. The molecule has 2 rings (SSSR count). The maximum absolute atomic E-state index is 5.53. The molecule has 0 heterocycles. The van der Waals surface area contributed by atoms with Gasteiger partial charge in [-0.1, -0.05) is 43.4 Å². The number of aryl methyl sites for hydroxylation is 1. The molecular formula is C21H24O4S. The highest BCUT2D eigenvalue weighted by atomic mass is 32.1. The van der Waals surface area contributed by atoms with Crippen LogP contribution in [0, 0.1) is 0 Å². The second-order valence-electron chi connectivity index (χ2n) is 5.52. The number of methoxy groups -OCH3 is 4. The van der Waals surface area contributed by atoms with E-state index in [2.05, 4.69) is 19.1 Å². The van der Waals surface area contributed by atoms with Crippen molar-refractivity contribution in [1.29, 1.82) is 0 Å². The fraction of sp³-hybridized carbons (Fsp3) is 0.286. The van der Waals surface area contributed by atoms with Gasteiger partial charge in [0.2, 0.25) is 11.5 Å².